The molecule has 0 atom stereocenters. The van der Waals surface area contributed by atoms with Gasteiger partial charge < -0.3 is 4.90 Å². The molecule has 1 aromatic carbocycles. The van der Waals surface area contributed by atoms with Crippen molar-refractivity contribution in [3.8, 4) is 0 Å². The quantitative estimate of drug-likeness (QED) is 0.588. The average Bonchev–Trinajstić information content (AvgIpc) is 2.15. The van der Waals surface area contributed by atoms with Gasteiger partial charge in [-0.15, -0.1) is 0 Å². The third-order valence-electron chi connectivity index (χ3n) is 2.17. The van der Waals surface area contributed by atoms with Crippen molar-refractivity contribution in [3.63, 3.8) is 0 Å². The van der Waals surface area contributed by atoms with Crippen LogP contribution in [0.3, 0.4) is 0 Å². The highest BCUT2D eigenvalue weighted by Crippen LogP contribution is 2.32. The van der Waals surface area contributed by atoms with Gasteiger partial charge in [-0.25, -0.2) is 9.97 Å². The number of aromatic nitrogens is 2. The monoisotopic (exact) mass is 275 g/mol. The predicted molar refractivity (Wildman–Crippen MR) is 68.9 cm³/mol. The minimum absolute atomic E-state index is 0.117. The van der Waals surface area contributed by atoms with Crippen LogP contribution in [0.15, 0.2) is 12.1 Å². The maximum Gasteiger partial charge on any atom is 0.224 e. The first-order valence-corrected chi connectivity index (χ1v) is 5.62. The lowest BCUT2D eigenvalue weighted by Gasteiger charge is -2.15. The van der Waals surface area contributed by atoms with Gasteiger partial charge in [0.05, 0.1) is 16.2 Å². The molecule has 16 heavy (non-hydrogen) atoms. The van der Waals surface area contributed by atoms with E-state index in [9.17, 15) is 0 Å². The second-order valence-electron chi connectivity index (χ2n) is 3.50. The molecule has 84 valence electrons. The van der Waals surface area contributed by atoms with E-state index in [1.165, 1.54) is 0 Å². The van der Waals surface area contributed by atoms with Crippen LogP contribution in [0.5, 0.6) is 0 Å². The molecule has 0 aliphatic rings. The third-order valence-corrected chi connectivity index (χ3v) is 2.93. The molecule has 6 heteroatoms. The number of hydrogen-bond acceptors (Lipinski definition) is 3. The van der Waals surface area contributed by atoms with Crippen LogP contribution in [0.25, 0.3) is 10.9 Å². The SMILES string of the molecule is CN(C)c1cc2c(Cl)nc(Cl)nc2cc1Cl. The van der Waals surface area contributed by atoms with Gasteiger partial charge in [0.2, 0.25) is 5.28 Å². The summed E-state index contributed by atoms with van der Waals surface area (Å²) in [6, 6.07) is 3.57. The molecule has 0 spiro atoms. The maximum atomic E-state index is 6.11. The lowest BCUT2D eigenvalue weighted by molar-refractivity contribution is 1.13. The van der Waals surface area contributed by atoms with Crippen LogP contribution < -0.4 is 4.90 Å². The number of fused-ring (bicyclic) bond motifs is 1. The van der Waals surface area contributed by atoms with Gasteiger partial charge >= 0.3 is 0 Å². The number of nitrogens with zero attached hydrogens (tertiary/aromatic N) is 3. The highest BCUT2D eigenvalue weighted by molar-refractivity contribution is 6.37. The van der Waals surface area contributed by atoms with E-state index in [1.807, 2.05) is 25.1 Å². The van der Waals surface area contributed by atoms with E-state index in [2.05, 4.69) is 9.97 Å². The van der Waals surface area contributed by atoms with Crippen LogP contribution >= 0.6 is 34.8 Å². The minimum Gasteiger partial charge on any atom is -0.376 e. The first-order valence-electron chi connectivity index (χ1n) is 4.48. The Labute approximate surface area is 108 Å². The second kappa shape index (κ2) is 4.24. The molecule has 0 aliphatic carbocycles. The largest absolute Gasteiger partial charge is 0.376 e. The molecule has 3 nitrogen and oxygen atoms in total. The molecular weight excluding hydrogens is 268 g/mol. The van der Waals surface area contributed by atoms with Crippen molar-refractivity contribution in [3.05, 3.63) is 27.6 Å². The standard InChI is InChI=1S/C10H8Cl3N3/c1-16(2)8-3-5-7(4-6(8)11)14-10(13)15-9(5)12/h3-4H,1-2H3. The molecule has 0 radical (unpaired) electrons. The molecule has 2 aromatic rings. The van der Waals surface area contributed by atoms with Crippen molar-refractivity contribution in [1.29, 1.82) is 0 Å². The Morgan fingerprint density at radius 3 is 2.38 bits per heavy atom. The van der Waals surface area contributed by atoms with Gasteiger partial charge in [0, 0.05) is 19.5 Å². The summed E-state index contributed by atoms with van der Waals surface area (Å²) in [5, 5.41) is 1.78. The Hall–Kier alpha value is -0.770. The first-order chi connectivity index (χ1) is 7.49. The average molecular weight is 277 g/mol. The summed E-state index contributed by atoms with van der Waals surface area (Å²) in [5.74, 6) is 0. The van der Waals surface area contributed by atoms with Gasteiger partial charge in [0.1, 0.15) is 5.15 Å². The van der Waals surface area contributed by atoms with Crippen molar-refractivity contribution in [1.82, 2.24) is 9.97 Å². The zero-order chi connectivity index (χ0) is 11.9. The smallest absolute Gasteiger partial charge is 0.224 e. The predicted octanol–water partition coefficient (Wildman–Crippen LogP) is 3.66. The van der Waals surface area contributed by atoms with E-state index in [0.29, 0.717) is 15.7 Å². The van der Waals surface area contributed by atoms with Crippen LogP contribution in [0.1, 0.15) is 0 Å². The summed E-state index contributed by atoms with van der Waals surface area (Å²) < 4.78 is 0. The van der Waals surface area contributed by atoms with Crippen LogP contribution in [-0.2, 0) is 0 Å². The molecule has 1 aromatic heterocycles. The molecule has 2 rings (SSSR count). The van der Waals surface area contributed by atoms with Crippen molar-refractivity contribution in [2.45, 2.75) is 0 Å². The summed E-state index contributed by atoms with van der Waals surface area (Å²) >= 11 is 17.8. The van der Waals surface area contributed by atoms with Gasteiger partial charge in [0.15, 0.2) is 0 Å². The van der Waals surface area contributed by atoms with Crippen molar-refractivity contribution in [2.24, 2.45) is 0 Å². The number of hydrogen-bond donors (Lipinski definition) is 0. The number of anilines is 1. The fraction of sp³-hybridized carbons (Fsp3) is 0.200. The summed E-state index contributed by atoms with van der Waals surface area (Å²) in [5.41, 5.74) is 1.50. The molecular formula is C10H8Cl3N3. The molecule has 0 amide bonds. The van der Waals surface area contributed by atoms with Gasteiger partial charge in [-0.3, -0.25) is 0 Å². The van der Waals surface area contributed by atoms with E-state index < -0.39 is 0 Å². The number of halogens is 3. The topological polar surface area (TPSA) is 29.0 Å². The summed E-state index contributed by atoms with van der Waals surface area (Å²) in [6.07, 6.45) is 0. The van der Waals surface area contributed by atoms with Crippen LogP contribution in [0.2, 0.25) is 15.5 Å². The van der Waals surface area contributed by atoms with Crippen LogP contribution in [0.4, 0.5) is 5.69 Å². The van der Waals surface area contributed by atoms with Crippen LogP contribution in [-0.4, -0.2) is 24.1 Å². The van der Waals surface area contributed by atoms with Crippen LogP contribution in [0, 0.1) is 0 Å². The van der Waals surface area contributed by atoms with E-state index >= 15 is 0 Å². The van der Waals surface area contributed by atoms with Crippen molar-refractivity contribution in [2.75, 3.05) is 19.0 Å². The van der Waals surface area contributed by atoms with Gasteiger partial charge in [0.25, 0.3) is 0 Å². The van der Waals surface area contributed by atoms with E-state index in [4.69, 9.17) is 34.8 Å². The Morgan fingerprint density at radius 2 is 1.75 bits per heavy atom. The normalized spacial score (nSPS) is 10.8. The Bertz CT molecular complexity index is 554. The minimum atomic E-state index is 0.117. The molecule has 0 fully saturated rings. The molecule has 0 unspecified atom stereocenters. The summed E-state index contributed by atoms with van der Waals surface area (Å²) in [7, 11) is 3.80. The molecule has 0 bridgehead atoms. The summed E-state index contributed by atoms with van der Waals surface area (Å²) in [4.78, 5) is 9.85. The zero-order valence-electron chi connectivity index (χ0n) is 8.63. The van der Waals surface area contributed by atoms with E-state index in [0.717, 1.165) is 11.1 Å². The van der Waals surface area contributed by atoms with Gasteiger partial charge in [-0.1, -0.05) is 23.2 Å². The Balaban J connectivity index is 2.79. The fourth-order valence-corrected chi connectivity index (χ4v) is 2.19. The van der Waals surface area contributed by atoms with Gasteiger partial charge in [-0.2, -0.15) is 0 Å². The molecule has 0 saturated carbocycles. The highest BCUT2D eigenvalue weighted by Gasteiger charge is 2.10. The Kier molecular flexibility index (Phi) is 3.10. The Morgan fingerprint density at radius 1 is 1.06 bits per heavy atom. The van der Waals surface area contributed by atoms with Crippen molar-refractivity contribution >= 4 is 51.4 Å². The van der Waals surface area contributed by atoms with E-state index in [1.54, 1.807) is 6.07 Å². The second-order valence-corrected chi connectivity index (χ2v) is 4.60. The summed E-state index contributed by atoms with van der Waals surface area (Å²) in [6.45, 7) is 0. The molecule has 0 saturated heterocycles. The lowest BCUT2D eigenvalue weighted by Crippen LogP contribution is -2.09. The molecule has 1 heterocycles. The maximum absolute atomic E-state index is 6.11. The molecule has 0 aliphatic heterocycles. The lowest BCUT2D eigenvalue weighted by atomic mass is 10.2. The van der Waals surface area contributed by atoms with E-state index in [-0.39, 0.29) is 5.28 Å². The third kappa shape index (κ3) is 2.03. The van der Waals surface area contributed by atoms with Gasteiger partial charge in [-0.05, 0) is 23.7 Å². The first kappa shape index (κ1) is 11.7. The number of benzene rings is 1. The fourth-order valence-electron chi connectivity index (χ4n) is 1.42. The highest BCUT2D eigenvalue weighted by atomic mass is 35.5. The zero-order valence-corrected chi connectivity index (χ0v) is 10.9. The number of rotatable bonds is 1. The van der Waals surface area contributed by atoms with Crippen molar-refractivity contribution < 1.29 is 0 Å². The molecule has 0 N–H and O–H groups in total.